The van der Waals surface area contributed by atoms with Crippen molar-refractivity contribution in [3.05, 3.63) is 53.8 Å². The van der Waals surface area contributed by atoms with Gasteiger partial charge in [-0.2, -0.15) is 0 Å². The molecular weight excluding hydrogens is 311 g/mol. The molecule has 24 heavy (non-hydrogen) atoms. The minimum atomic E-state index is -0.652. The molecule has 1 heterocycles. The normalized spacial score (nSPS) is 16.1. The van der Waals surface area contributed by atoms with E-state index in [1.165, 1.54) is 18.2 Å². The number of ether oxygens (including phenoxy) is 1. The molecule has 0 radical (unpaired) electrons. The highest BCUT2D eigenvalue weighted by Crippen LogP contribution is 2.33. The predicted molar refractivity (Wildman–Crippen MR) is 88.6 cm³/mol. The fraction of sp³-hybridized carbons (Fsp3) is 0.222. The summed E-state index contributed by atoms with van der Waals surface area (Å²) < 4.78 is 18.7. The number of fused-ring (bicyclic) bond motifs is 1. The Bertz CT molecular complexity index is 774. The Morgan fingerprint density at radius 2 is 2.04 bits per heavy atom. The van der Waals surface area contributed by atoms with Crippen molar-refractivity contribution in [2.45, 2.75) is 19.3 Å². The molecule has 3 rings (SSSR count). The monoisotopic (exact) mass is 328 g/mol. The summed E-state index contributed by atoms with van der Waals surface area (Å²) in [6, 6.07) is 11.0. The van der Waals surface area contributed by atoms with Crippen molar-refractivity contribution in [3.8, 4) is 5.75 Å². The molecule has 0 saturated carbocycles. The van der Waals surface area contributed by atoms with E-state index >= 15 is 0 Å². The van der Waals surface area contributed by atoms with Crippen LogP contribution in [-0.4, -0.2) is 18.4 Å². The van der Waals surface area contributed by atoms with Crippen LogP contribution in [0.15, 0.2) is 42.5 Å². The van der Waals surface area contributed by atoms with Crippen LogP contribution >= 0.6 is 0 Å². The second-order valence-electron chi connectivity index (χ2n) is 5.48. The Kier molecular flexibility index (Phi) is 4.46. The average Bonchev–Trinajstić information content (AvgIpc) is 2.55. The summed E-state index contributed by atoms with van der Waals surface area (Å²) in [4.78, 5) is 24.3. The molecular formula is C18H17FN2O3. The number of hydrogen-bond donors (Lipinski definition) is 2. The van der Waals surface area contributed by atoms with Crippen LogP contribution in [0.25, 0.3) is 0 Å². The van der Waals surface area contributed by atoms with Crippen LogP contribution in [0.4, 0.5) is 15.8 Å². The lowest BCUT2D eigenvalue weighted by atomic mass is 9.89. The van der Waals surface area contributed by atoms with E-state index in [4.69, 9.17) is 4.74 Å². The van der Waals surface area contributed by atoms with Crippen LogP contribution in [0, 0.1) is 5.82 Å². The number of carbonyl (C=O) groups excluding carboxylic acids is 2. The van der Waals surface area contributed by atoms with Crippen LogP contribution in [0.5, 0.6) is 5.75 Å². The quantitative estimate of drug-likeness (QED) is 0.905. The van der Waals surface area contributed by atoms with Crippen molar-refractivity contribution in [3.63, 3.8) is 0 Å². The maximum atomic E-state index is 13.3. The molecule has 0 aromatic heterocycles. The van der Waals surface area contributed by atoms with E-state index in [9.17, 15) is 14.0 Å². The van der Waals surface area contributed by atoms with E-state index in [0.717, 1.165) is 0 Å². The van der Waals surface area contributed by atoms with E-state index in [1.807, 2.05) is 6.92 Å². The van der Waals surface area contributed by atoms with Crippen molar-refractivity contribution in [2.75, 3.05) is 17.2 Å². The van der Waals surface area contributed by atoms with Crippen LogP contribution in [0.3, 0.4) is 0 Å². The van der Waals surface area contributed by atoms with Crippen LogP contribution in [-0.2, 0) is 9.59 Å². The topological polar surface area (TPSA) is 67.4 Å². The van der Waals surface area contributed by atoms with E-state index < -0.39 is 11.7 Å². The summed E-state index contributed by atoms with van der Waals surface area (Å²) in [5.74, 6) is -1.00. The molecule has 5 nitrogen and oxygen atoms in total. The number of anilines is 2. The number of rotatable bonds is 4. The van der Waals surface area contributed by atoms with Crippen molar-refractivity contribution in [2.24, 2.45) is 0 Å². The van der Waals surface area contributed by atoms with E-state index in [-0.39, 0.29) is 18.2 Å². The lowest BCUT2D eigenvalue weighted by Gasteiger charge is -2.25. The van der Waals surface area contributed by atoms with Crippen molar-refractivity contribution >= 4 is 23.2 Å². The van der Waals surface area contributed by atoms with Gasteiger partial charge in [0, 0.05) is 17.8 Å². The third-order valence-corrected chi connectivity index (χ3v) is 3.80. The Balaban J connectivity index is 1.79. The number of carbonyl (C=O) groups is 2. The van der Waals surface area contributed by atoms with Crippen LogP contribution in [0.1, 0.15) is 24.8 Å². The Morgan fingerprint density at radius 1 is 1.29 bits per heavy atom. The van der Waals surface area contributed by atoms with Gasteiger partial charge in [-0.1, -0.05) is 6.07 Å². The first-order valence-electron chi connectivity index (χ1n) is 7.70. The minimum Gasteiger partial charge on any atom is -0.494 e. The summed E-state index contributed by atoms with van der Waals surface area (Å²) in [6.45, 7) is 2.46. The maximum Gasteiger partial charge on any atom is 0.232 e. The largest absolute Gasteiger partial charge is 0.494 e. The molecule has 0 saturated heterocycles. The van der Waals surface area contributed by atoms with Gasteiger partial charge in [0.2, 0.25) is 11.8 Å². The first-order valence-corrected chi connectivity index (χ1v) is 7.70. The number of amides is 2. The molecule has 1 aliphatic heterocycles. The van der Waals surface area contributed by atoms with E-state index in [0.29, 0.717) is 29.3 Å². The standard InChI is InChI=1S/C18H17FN2O3/c1-2-24-13-6-4-12(5-7-13)20-18(23)15-10-17(22)21-16-9-11(19)3-8-14(15)16/h3-9,15H,2,10H2,1H3,(H,20,23)(H,21,22)/t15-/m0/s1. The molecule has 0 bridgehead atoms. The molecule has 124 valence electrons. The van der Waals surface area contributed by atoms with Gasteiger partial charge in [0.05, 0.1) is 12.5 Å². The van der Waals surface area contributed by atoms with Gasteiger partial charge in [0.15, 0.2) is 0 Å². The number of benzene rings is 2. The summed E-state index contributed by atoms with van der Waals surface area (Å²) in [5, 5.41) is 5.38. The molecule has 2 aromatic rings. The lowest BCUT2D eigenvalue weighted by molar-refractivity contribution is -0.123. The molecule has 1 aliphatic rings. The van der Waals surface area contributed by atoms with Gasteiger partial charge in [-0.25, -0.2) is 4.39 Å². The number of nitrogens with one attached hydrogen (secondary N) is 2. The second-order valence-corrected chi connectivity index (χ2v) is 5.48. The van der Waals surface area contributed by atoms with Gasteiger partial charge >= 0.3 is 0 Å². The van der Waals surface area contributed by atoms with Gasteiger partial charge in [-0.3, -0.25) is 9.59 Å². The first kappa shape index (κ1) is 16.0. The summed E-state index contributed by atoms with van der Waals surface area (Å²) in [5.41, 5.74) is 1.57. The average molecular weight is 328 g/mol. The fourth-order valence-electron chi connectivity index (χ4n) is 2.70. The SMILES string of the molecule is CCOc1ccc(NC(=O)[C@H]2CC(=O)Nc3cc(F)ccc32)cc1. The van der Waals surface area contributed by atoms with Crippen molar-refractivity contribution in [1.82, 2.24) is 0 Å². The Hall–Kier alpha value is -2.89. The molecule has 0 spiro atoms. The van der Waals surface area contributed by atoms with E-state index in [2.05, 4.69) is 10.6 Å². The first-order chi connectivity index (χ1) is 11.6. The van der Waals surface area contributed by atoms with Gasteiger partial charge in [-0.15, -0.1) is 0 Å². The fourth-order valence-corrected chi connectivity index (χ4v) is 2.70. The zero-order valence-electron chi connectivity index (χ0n) is 13.1. The zero-order valence-corrected chi connectivity index (χ0v) is 13.1. The predicted octanol–water partition coefficient (Wildman–Crippen LogP) is 3.29. The van der Waals surface area contributed by atoms with E-state index in [1.54, 1.807) is 24.3 Å². The second kappa shape index (κ2) is 6.70. The molecule has 6 heteroatoms. The van der Waals surface area contributed by atoms with Gasteiger partial charge in [0.1, 0.15) is 11.6 Å². The highest BCUT2D eigenvalue weighted by molar-refractivity contribution is 6.05. The zero-order chi connectivity index (χ0) is 17.1. The van der Waals surface area contributed by atoms with Crippen molar-refractivity contribution in [1.29, 1.82) is 0 Å². The molecule has 2 aromatic carbocycles. The number of hydrogen-bond acceptors (Lipinski definition) is 3. The van der Waals surface area contributed by atoms with Gasteiger partial charge in [-0.05, 0) is 48.9 Å². The molecule has 0 fully saturated rings. The molecule has 0 aliphatic carbocycles. The molecule has 2 N–H and O–H groups in total. The summed E-state index contributed by atoms with van der Waals surface area (Å²) >= 11 is 0. The maximum absolute atomic E-state index is 13.3. The van der Waals surface area contributed by atoms with Gasteiger partial charge < -0.3 is 15.4 Å². The van der Waals surface area contributed by atoms with Gasteiger partial charge in [0.25, 0.3) is 0 Å². The Morgan fingerprint density at radius 3 is 2.75 bits per heavy atom. The molecule has 1 atom stereocenters. The van der Waals surface area contributed by atoms with Crippen LogP contribution in [0.2, 0.25) is 0 Å². The smallest absolute Gasteiger partial charge is 0.232 e. The number of halogens is 1. The van der Waals surface area contributed by atoms with Crippen molar-refractivity contribution < 1.29 is 18.7 Å². The third-order valence-electron chi connectivity index (χ3n) is 3.80. The lowest BCUT2D eigenvalue weighted by Crippen LogP contribution is -2.30. The third kappa shape index (κ3) is 3.37. The highest BCUT2D eigenvalue weighted by atomic mass is 19.1. The summed E-state index contributed by atoms with van der Waals surface area (Å²) in [7, 11) is 0. The molecule has 0 unspecified atom stereocenters. The summed E-state index contributed by atoms with van der Waals surface area (Å²) in [6.07, 6.45) is 0.0293. The highest BCUT2D eigenvalue weighted by Gasteiger charge is 2.30. The minimum absolute atomic E-state index is 0.0293. The van der Waals surface area contributed by atoms with Crippen LogP contribution < -0.4 is 15.4 Å². The Labute approximate surface area is 138 Å². The molecule has 2 amide bonds.